The van der Waals surface area contributed by atoms with Crippen molar-refractivity contribution >= 4 is 11.3 Å². The maximum Gasteiger partial charge on any atom is 0.232 e. The molecule has 3 heterocycles. The molecule has 0 amide bonds. The molecule has 0 saturated heterocycles. The van der Waals surface area contributed by atoms with Crippen LogP contribution in [0.4, 0.5) is 0 Å². The van der Waals surface area contributed by atoms with Crippen LogP contribution < -0.4 is 0 Å². The second-order valence-electron chi connectivity index (χ2n) is 4.21. The van der Waals surface area contributed by atoms with Crippen molar-refractivity contribution in [1.82, 2.24) is 15.3 Å². The summed E-state index contributed by atoms with van der Waals surface area (Å²) in [7, 11) is 0. The van der Waals surface area contributed by atoms with E-state index in [2.05, 4.69) is 21.4 Å². The quantitative estimate of drug-likeness (QED) is 0.732. The lowest BCUT2D eigenvalue weighted by molar-refractivity contribution is 0.368. The molecule has 0 bridgehead atoms. The SMILES string of the molecule is Cc1onc(Cc2nc(Cc3cccs3)no2)c1C#N. The Morgan fingerprint density at radius 2 is 2.20 bits per heavy atom. The maximum atomic E-state index is 9.03. The van der Waals surface area contributed by atoms with Crippen LogP contribution in [0.2, 0.25) is 0 Å². The van der Waals surface area contributed by atoms with Crippen molar-refractivity contribution in [1.29, 1.82) is 5.26 Å². The van der Waals surface area contributed by atoms with E-state index in [0.717, 1.165) is 0 Å². The number of aromatic nitrogens is 3. The summed E-state index contributed by atoms with van der Waals surface area (Å²) in [6.45, 7) is 1.70. The van der Waals surface area contributed by atoms with Crippen LogP contribution in [0.5, 0.6) is 0 Å². The van der Waals surface area contributed by atoms with Gasteiger partial charge in [0.15, 0.2) is 11.6 Å². The third-order valence-corrected chi connectivity index (χ3v) is 3.66. The predicted molar refractivity (Wildman–Crippen MR) is 70.2 cm³/mol. The van der Waals surface area contributed by atoms with E-state index in [0.29, 0.717) is 41.6 Å². The van der Waals surface area contributed by atoms with E-state index in [4.69, 9.17) is 14.3 Å². The summed E-state index contributed by atoms with van der Waals surface area (Å²) in [5.74, 6) is 1.56. The third-order valence-electron chi connectivity index (χ3n) is 2.79. The van der Waals surface area contributed by atoms with E-state index >= 15 is 0 Å². The van der Waals surface area contributed by atoms with Crippen LogP contribution in [0.15, 0.2) is 26.6 Å². The van der Waals surface area contributed by atoms with E-state index in [9.17, 15) is 0 Å². The van der Waals surface area contributed by atoms with Crippen LogP contribution in [-0.2, 0) is 12.8 Å². The number of thiophene rings is 1. The summed E-state index contributed by atoms with van der Waals surface area (Å²) in [5, 5.41) is 18.8. The molecule has 0 atom stereocenters. The lowest BCUT2D eigenvalue weighted by Crippen LogP contribution is -1.93. The van der Waals surface area contributed by atoms with E-state index in [1.54, 1.807) is 18.3 Å². The van der Waals surface area contributed by atoms with Gasteiger partial charge in [-0.1, -0.05) is 16.4 Å². The van der Waals surface area contributed by atoms with Gasteiger partial charge in [0.1, 0.15) is 17.3 Å². The topological polar surface area (TPSA) is 88.7 Å². The van der Waals surface area contributed by atoms with Crippen molar-refractivity contribution in [2.24, 2.45) is 0 Å². The largest absolute Gasteiger partial charge is 0.360 e. The Morgan fingerprint density at radius 3 is 2.95 bits per heavy atom. The standard InChI is InChI=1S/C13H10N4O2S/c1-8-10(7-14)11(16-18-8)6-13-15-12(17-19-13)5-9-3-2-4-20-9/h2-4H,5-6H2,1H3. The monoisotopic (exact) mass is 286 g/mol. The molecular formula is C13H10N4O2S. The van der Waals surface area contributed by atoms with Gasteiger partial charge in [-0.3, -0.25) is 0 Å². The number of rotatable bonds is 4. The Morgan fingerprint density at radius 1 is 1.30 bits per heavy atom. The van der Waals surface area contributed by atoms with Crippen LogP contribution in [0.1, 0.15) is 33.6 Å². The van der Waals surface area contributed by atoms with Gasteiger partial charge in [0.05, 0.1) is 6.42 Å². The van der Waals surface area contributed by atoms with Gasteiger partial charge >= 0.3 is 0 Å². The van der Waals surface area contributed by atoms with Crippen molar-refractivity contribution in [3.8, 4) is 6.07 Å². The Labute approximate surface area is 118 Å². The first-order valence-corrected chi connectivity index (χ1v) is 6.83. The molecule has 0 unspecified atom stereocenters. The molecule has 0 aromatic carbocycles. The molecule has 3 aromatic heterocycles. The van der Waals surface area contributed by atoms with E-state index in [1.165, 1.54) is 4.88 Å². The smallest absolute Gasteiger partial charge is 0.232 e. The number of nitriles is 1. The number of aryl methyl sites for hydroxylation is 1. The fourth-order valence-corrected chi connectivity index (χ4v) is 2.53. The number of hydrogen-bond donors (Lipinski definition) is 0. The molecule has 0 spiro atoms. The van der Waals surface area contributed by atoms with Crippen LogP contribution in [0.3, 0.4) is 0 Å². The Kier molecular flexibility index (Phi) is 3.31. The molecule has 3 aromatic rings. The molecule has 0 saturated carbocycles. The zero-order valence-electron chi connectivity index (χ0n) is 10.7. The molecule has 0 radical (unpaired) electrons. The summed E-state index contributed by atoms with van der Waals surface area (Å²) in [6, 6.07) is 6.07. The lowest BCUT2D eigenvalue weighted by atomic mass is 10.2. The first-order valence-electron chi connectivity index (χ1n) is 5.95. The predicted octanol–water partition coefficient (Wildman–Crippen LogP) is 2.48. The Hall–Kier alpha value is -2.46. The molecule has 0 aliphatic rings. The summed E-state index contributed by atoms with van der Waals surface area (Å²) in [6.07, 6.45) is 0.946. The summed E-state index contributed by atoms with van der Waals surface area (Å²) < 4.78 is 10.2. The average molecular weight is 286 g/mol. The molecule has 6 nitrogen and oxygen atoms in total. The molecule has 7 heteroatoms. The molecular weight excluding hydrogens is 276 g/mol. The first kappa shape index (κ1) is 12.6. The molecule has 0 aliphatic carbocycles. The molecule has 3 rings (SSSR count). The zero-order valence-corrected chi connectivity index (χ0v) is 11.5. The molecule has 100 valence electrons. The van der Waals surface area contributed by atoms with Gasteiger partial charge in [0, 0.05) is 11.3 Å². The highest BCUT2D eigenvalue weighted by Gasteiger charge is 2.16. The highest BCUT2D eigenvalue weighted by atomic mass is 32.1. The zero-order chi connectivity index (χ0) is 13.9. The number of nitrogens with zero attached hydrogens (tertiary/aromatic N) is 4. The van der Waals surface area contributed by atoms with Crippen LogP contribution in [-0.4, -0.2) is 15.3 Å². The van der Waals surface area contributed by atoms with Crippen molar-refractivity contribution in [2.75, 3.05) is 0 Å². The summed E-state index contributed by atoms with van der Waals surface area (Å²) in [4.78, 5) is 5.48. The lowest BCUT2D eigenvalue weighted by Gasteiger charge is -1.89. The van der Waals surface area contributed by atoms with E-state index in [-0.39, 0.29) is 0 Å². The van der Waals surface area contributed by atoms with Crippen molar-refractivity contribution < 1.29 is 9.05 Å². The van der Waals surface area contributed by atoms with E-state index < -0.39 is 0 Å². The van der Waals surface area contributed by atoms with Gasteiger partial charge in [0.2, 0.25) is 5.89 Å². The van der Waals surface area contributed by atoms with Crippen molar-refractivity contribution in [3.05, 3.63) is 51.1 Å². The minimum absolute atomic E-state index is 0.303. The van der Waals surface area contributed by atoms with Crippen LogP contribution in [0.25, 0.3) is 0 Å². The third kappa shape index (κ3) is 2.46. The second kappa shape index (κ2) is 5.27. The number of hydrogen-bond acceptors (Lipinski definition) is 7. The molecule has 0 aliphatic heterocycles. The summed E-state index contributed by atoms with van der Waals surface area (Å²) in [5.41, 5.74) is 0.958. The summed E-state index contributed by atoms with van der Waals surface area (Å²) >= 11 is 1.65. The Bertz CT molecular complexity index is 752. The average Bonchev–Trinajstić information content (AvgIpc) is 3.14. The molecule has 0 N–H and O–H groups in total. The van der Waals surface area contributed by atoms with Crippen molar-refractivity contribution in [3.63, 3.8) is 0 Å². The van der Waals surface area contributed by atoms with Gasteiger partial charge < -0.3 is 9.05 Å². The van der Waals surface area contributed by atoms with E-state index in [1.807, 2.05) is 17.5 Å². The van der Waals surface area contributed by atoms with Gasteiger partial charge in [-0.25, -0.2) is 0 Å². The van der Waals surface area contributed by atoms with Gasteiger partial charge in [-0.2, -0.15) is 10.2 Å². The van der Waals surface area contributed by atoms with Crippen LogP contribution >= 0.6 is 11.3 Å². The first-order chi connectivity index (χ1) is 9.76. The Balaban J connectivity index is 1.76. The minimum atomic E-state index is 0.303. The molecule has 0 fully saturated rings. The minimum Gasteiger partial charge on any atom is -0.360 e. The van der Waals surface area contributed by atoms with Crippen molar-refractivity contribution in [2.45, 2.75) is 19.8 Å². The van der Waals surface area contributed by atoms with Crippen LogP contribution in [0, 0.1) is 18.3 Å². The fourth-order valence-electron chi connectivity index (χ4n) is 1.83. The fraction of sp³-hybridized carbons (Fsp3) is 0.231. The van der Waals surface area contributed by atoms with Gasteiger partial charge in [0.25, 0.3) is 0 Å². The maximum absolute atomic E-state index is 9.03. The van der Waals surface area contributed by atoms with Gasteiger partial charge in [-0.05, 0) is 18.4 Å². The normalized spacial score (nSPS) is 10.6. The second-order valence-corrected chi connectivity index (χ2v) is 5.24. The molecule has 20 heavy (non-hydrogen) atoms. The highest BCUT2D eigenvalue weighted by Crippen LogP contribution is 2.17. The highest BCUT2D eigenvalue weighted by molar-refractivity contribution is 7.09. The van der Waals surface area contributed by atoms with Gasteiger partial charge in [-0.15, -0.1) is 11.3 Å².